The minimum Gasteiger partial charge on any atom is -0.355 e. The maximum absolute atomic E-state index is 12.0. The van der Waals surface area contributed by atoms with E-state index in [-0.39, 0.29) is 11.7 Å². The van der Waals surface area contributed by atoms with Gasteiger partial charge in [-0.05, 0) is 61.9 Å². The van der Waals surface area contributed by atoms with Gasteiger partial charge < -0.3 is 5.32 Å². The summed E-state index contributed by atoms with van der Waals surface area (Å²) < 4.78 is 0. The van der Waals surface area contributed by atoms with Crippen LogP contribution < -0.4 is 5.32 Å². The number of carbonyl (C=O) groups excluding carboxylic acids is 2. The van der Waals surface area contributed by atoms with E-state index in [1.165, 1.54) is 16.7 Å². The number of Topliss-reactive ketones (excluding diaryl/α,β-unsaturated/α-hetero) is 1. The van der Waals surface area contributed by atoms with Gasteiger partial charge >= 0.3 is 0 Å². The predicted molar refractivity (Wildman–Crippen MR) is 110 cm³/mol. The highest BCUT2D eigenvalue weighted by molar-refractivity contribution is 7.99. The monoisotopic (exact) mass is 369 g/mol. The molecule has 2 aromatic rings. The summed E-state index contributed by atoms with van der Waals surface area (Å²) in [4.78, 5) is 23.9. The fourth-order valence-corrected chi connectivity index (χ4v) is 4.32. The van der Waals surface area contributed by atoms with E-state index >= 15 is 0 Å². The van der Waals surface area contributed by atoms with Gasteiger partial charge in [0.05, 0.1) is 5.75 Å². The summed E-state index contributed by atoms with van der Waals surface area (Å²) in [5, 5.41) is 2.97. The molecule has 0 aromatic heterocycles. The molecule has 3 nitrogen and oxygen atoms in total. The molecule has 0 aliphatic carbocycles. The lowest BCUT2D eigenvalue weighted by Gasteiger charge is -2.15. The number of rotatable bonds is 8. The van der Waals surface area contributed by atoms with Gasteiger partial charge in [0.2, 0.25) is 5.91 Å². The Hall–Kier alpha value is -2.07. The molecule has 0 aliphatic rings. The Bertz CT molecular complexity index is 784. The second-order valence-corrected chi connectivity index (χ2v) is 7.61. The SMILES string of the molecule is CC(=O)c1c(C)cc(C)c(CSCC(=O)NCCc2ccccc2)c1C. The molecule has 1 N–H and O–H groups in total. The van der Waals surface area contributed by atoms with Crippen LogP contribution >= 0.6 is 11.8 Å². The number of ketones is 1. The first-order valence-electron chi connectivity index (χ1n) is 8.89. The van der Waals surface area contributed by atoms with Crippen LogP contribution in [0.2, 0.25) is 0 Å². The molecule has 138 valence electrons. The zero-order valence-corrected chi connectivity index (χ0v) is 16.8. The highest BCUT2D eigenvalue weighted by Gasteiger charge is 2.14. The van der Waals surface area contributed by atoms with E-state index in [0.717, 1.165) is 28.9 Å². The van der Waals surface area contributed by atoms with Gasteiger partial charge in [-0.1, -0.05) is 36.4 Å². The molecule has 0 bridgehead atoms. The van der Waals surface area contributed by atoms with Gasteiger partial charge in [0.15, 0.2) is 5.78 Å². The van der Waals surface area contributed by atoms with Gasteiger partial charge in [0, 0.05) is 17.9 Å². The number of amides is 1. The van der Waals surface area contributed by atoms with Crippen LogP contribution in [0.4, 0.5) is 0 Å². The van der Waals surface area contributed by atoms with E-state index in [1.54, 1.807) is 18.7 Å². The summed E-state index contributed by atoms with van der Waals surface area (Å²) in [7, 11) is 0. The Morgan fingerprint density at radius 2 is 1.73 bits per heavy atom. The number of carbonyl (C=O) groups is 2. The first kappa shape index (κ1) is 20.2. The number of nitrogens with one attached hydrogen (secondary N) is 1. The van der Waals surface area contributed by atoms with Crippen molar-refractivity contribution in [3.05, 3.63) is 69.8 Å². The van der Waals surface area contributed by atoms with Crippen molar-refractivity contribution in [2.75, 3.05) is 12.3 Å². The van der Waals surface area contributed by atoms with Crippen molar-refractivity contribution >= 4 is 23.5 Å². The van der Waals surface area contributed by atoms with Gasteiger partial charge in [0.1, 0.15) is 0 Å². The average molecular weight is 370 g/mol. The molecule has 0 radical (unpaired) electrons. The Kier molecular flexibility index (Phi) is 7.46. The number of aryl methyl sites for hydroxylation is 2. The van der Waals surface area contributed by atoms with Crippen LogP contribution in [0.25, 0.3) is 0 Å². The molecule has 0 atom stereocenters. The summed E-state index contributed by atoms with van der Waals surface area (Å²) in [5.74, 6) is 1.33. The lowest BCUT2D eigenvalue weighted by Crippen LogP contribution is -2.27. The molecule has 0 heterocycles. The second-order valence-electron chi connectivity index (χ2n) is 6.62. The third-order valence-electron chi connectivity index (χ3n) is 4.54. The molecule has 0 spiro atoms. The Morgan fingerprint density at radius 1 is 1.04 bits per heavy atom. The normalized spacial score (nSPS) is 10.6. The molecule has 1 amide bonds. The molecule has 0 saturated heterocycles. The van der Waals surface area contributed by atoms with Gasteiger partial charge in [0.25, 0.3) is 0 Å². The van der Waals surface area contributed by atoms with Crippen LogP contribution in [0.3, 0.4) is 0 Å². The zero-order valence-electron chi connectivity index (χ0n) is 16.0. The molecule has 26 heavy (non-hydrogen) atoms. The molecule has 0 fully saturated rings. The number of thioether (sulfide) groups is 1. The summed E-state index contributed by atoms with van der Waals surface area (Å²) in [6.07, 6.45) is 0.843. The molecule has 2 rings (SSSR count). The standard InChI is InChI=1S/C22H27NO2S/c1-15-12-16(2)22(18(4)24)17(3)20(15)13-26-14-21(25)23-11-10-19-8-6-5-7-9-19/h5-9,12H,10-11,13-14H2,1-4H3,(H,23,25). The van der Waals surface area contributed by atoms with E-state index in [1.807, 2.05) is 32.0 Å². The highest BCUT2D eigenvalue weighted by Crippen LogP contribution is 2.26. The van der Waals surface area contributed by atoms with E-state index < -0.39 is 0 Å². The smallest absolute Gasteiger partial charge is 0.230 e. The van der Waals surface area contributed by atoms with Crippen molar-refractivity contribution in [2.24, 2.45) is 0 Å². The molecule has 0 unspecified atom stereocenters. The molecule has 4 heteroatoms. The van der Waals surface area contributed by atoms with E-state index in [9.17, 15) is 9.59 Å². The van der Waals surface area contributed by atoms with E-state index in [2.05, 4.69) is 30.4 Å². The first-order valence-corrected chi connectivity index (χ1v) is 10.0. The Labute approximate surface area is 160 Å². The van der Waals surface area contributed by atoms with Crippen molar-refractivity contribution in [3.8, 4) is 0 Å². The molecular weight excluding hydrogens is 342 g/mol. The van der Waals surface area contributed by atoms with E-state index in [0.29, 0.717) is 12.3 Å². The third kappa shape index (κ3) is 5.46. The maximum Gasteiger partial charge on any atom is 0.230 e. The summed E-state index contributed by atoms with van der Waals surface area (Å²) >= 11 is 1.59. The lowest BCUT2D eigenvalue weighted by molar-refractivity contribution is -0.118. The van der Waals surface area contributed by atoms with Crippen LogP contribution in [0, 0.1) is 20.8 Å². The maximum atomic E-state index is 12.0. The van der Waals surface area contributed by atoms with Crippen molar-refractivity contribution < 1.29 is 9.59 Å². The van der Waals surface area contributed by atoms with Crippen LogP contribution in [-0.4, -0.2) is 24.0 Å². The van der Waals surface area contributed by atoms with Crippen molar-refractivity contribution in [2.45, 2.75) is 39.9 Å². The van der Waals surface area contributed by atoms with Crippen molar-refractivity contribution in [1.29, 1.82) is 0 Å². The van der Waals surface area contributed by atoms with Gasteiger partial charge in [-0.15, -0.1) is 11.8 Å². The summed E-state index contributed by atoms with van der Waals surface area (Å²) in [5.41, 5.74) is 6.47. The van der Waals surface area contributed by atoms with Crippen molar-refractivity contribution in [3.63, 3.8) is 0 Å². The third-order valence-corrected chi connectivity index (χ3v) is 5.50. The lowest BCUT2D eigenvalue weighted by atomic mass is 9.92. The topological polar surface area (TPSA) is 46.2 Å². The van der Waals surface area contributed by atoms with Crippen LogP contribution in [0.15, 0.2) is 36.4 Å². The molecule has 0 saturated carbocycles. The Balaban J connectivity index is 1.84. The fraction of sp³-hybridized carbons (Fsp3) is 0.364. The quantitative estimate of drug-likeness (QED) is 0.701. The van der Waals surface area contributed by atoms with Crippen LogP contribution in [0.5, 0.6) is 0 Å². The molecule has 0 aliphatic heterocycles. The molecule has 2 aromatic carbocycles. The largest absolute Gasteiger partial charge is 0.355 e. The second kappa shape index (κ2) is 9.58. The number of hydrogen-bond acceptors (Lipinski definition) is 3. The van der Waals surface area contributed by atoms with Crippen molar-refractivity contribution in [1.82, 2.24) is 5.32 Å². The van der Waals surface area contributed by atoms with Crippen LogP contribution in [0.1, 0.15) is 45.1 Å². The predicted octanol–water partition coefficient (Wildman–Crippen LogP) is 4.41. The van der Waals surface area contributed by atoms with Gasteiger partial charge in [-0.25, -0.2) is 0 Å². The fourth-order valence-electron chi connectivity index (χ4n) is 3.28. The van der Waals surface area contributed by atoms with E-state index in [4.69, 9.17) is 0 Å². The first-order chi connectivity index (χ1) is 12.4. The summed E-state index contributed by atoms with van der Waals surface area (Å²) in [6.45, 7) is 8.32. The van der Waals surface area contributed by atoms with Gasteiger partial charge in [-0.3, -0.25) is 9.59 Å². The average Bonchev–Trinajstić information content (AvgIpc) is 2.58. The number of benzene rings is 2. The van der Waals surface area contributed by atoms with Gasteiger partial charge in [-0.2, -0.15) is 0 Å². The number of hydrogen-bond donors (Lipinski definition) is 1. The zero-order chi connectivity index (χ0) is 19.1. The summed E-state index contributed by atoms with van der Waals surface area (Å²) in [6, 6.07) is 12.2. The molecular formula is C22H27NO2S. The minimum absolute atomic E-state index is 0.0557. The minimum atomic E-state index is 0.0557. The Morgan fingerprint density at radius 3 is 2.38 bits per heavy atom. The van der Waals surface area contributed by atoms with Crippen LogP contribution in [-0.2, 0) is 17.0 Å². The highest BCUT2D eigenvalue weighted by atomic mass is 32.2.